The van der Waals surface area contributed by atoms with Crippen molar-refractivity contribution in [3.8, 4) is 23.1 Å². The van der Waals surface area contributed by atoms with Crippen molar-refractivity contribution in [2.45, 2.75) is 58.0 Å². The first kappa shape index (κ1) is 23.9. The minimum absolute atomic E-state index is 0.0563. The molecule has 0 radical (unpaired) electrons. The number of aromatic nitrogens is 1. The fourth-order valence-corrected chi connectivity index (χ4v) is 4.85. The van der Waals surface area contributed by atoms with Crippen LogP contribution >= 0.6 is 11.3 Å². The summed E-state index contributed by atoms with van der Waals surface area (Å²) >= 11 is 0.993. The normalized spacial score (nSPS) is 17.8. The van der Waals surface area contributed by atoms with Crippen LogP contribution in [0.4, 0.5) is 0 Å². The molecule has 0 saturated heterocycles. The number of ether oxygens (including phenoxy) is 2. The van der Waals surface area contributed by atoms with Crippen molar-refractivity contribution >= 4 is 17.1 Å². The Morgan fingerprint density at radius 3 is 2.47 bits per heavy atom. The molecular formula is C26H29NO6S. The number of nitrogens with one attached hydrogen (secondary N) is 1. The lowest BCUT2D eigenvalue weighted by Crippen LogP contribution is -2.40. The van der Waals surface area contributed by atoms with Crippen LogP contribution in [0.5, 0.6) is 23.1 Å². The van der Waals surface area contributed by atoms with Crippen LogP contribution in [-0.4, -0.2) is 33.2 Å². The van der Waals surface area contributed by atoms with Gasteiger partial charge in [-0.15, -0.1) is 0 Å². The number of phenolic OH excluding ortho intramolecular Hbond substituents is 1. The average Bonchev–Trinajstić information content (AvgIpc) is 3.05. The van der Waals surface area contributed by atoms with Crippen LogP contribution < -0.4 is 14.3 Å². The van der Waals surface area contributed by atoms with Gasteiger partial charge < -0.3 is 19.7 Å². The van der Waals surface area contributed by atoms with Crippen molar-refractivity contribution in [2.75, 3.05) is 6.61 Å². The summed E-state index contributed by atoms with van der Waals surface area (Å²) < 4.78 is 12.1. The molecule has 7 nitrogen and oxygen atoms in total. The van der Waals surface area contributed by atoms with Gasteiger partial charge in [0.25, 0.3) is 0 Å². The van der Waals surface area contributed by atoms with Gasteiger partial charge in [0.15, 0.2) is 5.78 Å². The van der Waals surface area contributed by atoms with Crippen molar-refractivity contribution < 1.29 is 24.5 Å². The first-order valence-corrected chi connectivity index (χ1v) is 12.0. The number of hydrogen-bond donors (Lipinski definition) is 3. The Balaban J connectivity index is 1.39. The third-order valence-electron chi connectivity index (χ3n) is 5.99. The number of thiazole rings is 1. The molecule has 1 aromatic heterocycles. The van der Waals surface area contributed by atoms with Gasteiger partial charge in [-0.05, 0) is 42.2 Å². The van der Waals surface area contributed by atoms with E-state index in [1.165, 1.54) is 6.07 Å². The number of ketones is 1. The molecule has 0 amide bonds. The fraction of sp³-hybridized carbons (Fsp3) is 0.385. The monoisotopic (exact) mass is 483 g/mol. The smallest absolute Gasteiger partial charge is 0.307 e. The van der Waals surface area contributed by atoms with Crippen molar-refractivity contribution in [3.05, 3.63) is 67.6 Å². The number of carbonyl (C=O) groups is 1. The molecule has 0 saturated carbocycles. The van der Waals surface area contributed by atoms with E-state index in [4.69, 9.17) is 9.47 Å². The number of phenols is 1. The van der Waals surface area contributed by atoms with E-state index < -0.39 is 5.60 Å². The van der Waals surface area contributed by atoms with E-state index in [-0.39, 0.29) is 34.1 Å². The second-order valence-electron chi connectivity index (χ2n) is 9.97. The third kappa shape index (κ3) is 5.12. The Hall–Kier alpha value is -3.26. The molecule has 1 aliphatic rings. The number of carbonyl (C=O) groups excluding carboxylic acids is 1. The topological polar surface area (TPSA) is 109 Å². The molecule has 0 fully saturated rings. The number of hydrogen-bond acceptors (Lipinski definition) is 7. The fourth-order valence-electron chi connectivity index (χ4n) is 4.09. The maximum absolute atomic E-state index is 12.8. The molecule has 8 heteroatoms. The summed E-state index contributed by atoms with van der Waals surface area (Å²) in [5.41, 5.74) is 1.10. The Morgan fingerprint density at radius 2 is 1.85 bits per heavy atom. The van der Waals surface area contributed by atoms with E-state index in [1.807, 2.05) is 52.0 Å². The summed E-state index contributed by atoms with van der Waals surface area (Å²) in [6, 6.07) is 10.7. The van der Waals surface area contributed by atoms with Gasteiger partial charge in [0.2, 0.25) is 5.88 Å². The molecule has 3 aromatic rings. The van der Waals surface area contributed by atoms with Gasteiger partial charge in [-0.1, -0.05) is 44.2 Å². The van der Waals surface area contributed by atoms with Crippen molar-refractivity contribution in [1.29, 1.82) is 0 Å². The number of fused-ring (bicyclic) bond motifs is 1. The van der Waals surface area contributed by atoms with Crippen molar-refractivity contribution in [3.63, 3.8) is 0 Å². The summed E-state index contributed by atoms with van der Waals surface area (Å²) in [5.74, 6) is 1.15. The van der Waals surface area contributed by atoms with Gasteiger partial charge in [-0.25, -0.2) is 0 Å². The second-order valence-corrected chi connectivity index (χ2v) is 11.0. The minimum Gasteiger partial charge on any atom is -0.508 e. The molecular weight excluding hydrogens is 454 g/mol. The molecule has 1 aliphatic heterocycles. The van der Waals surface area contributed by atoms with Gasteiger partial charge >= 0.3 is 4.87 Å². The Labute approximate surface area is 202 Å². The van der Waals surface area contributed by atoms with E-state index in [2.05, 4.69) is 4.98 Å². The molecule has 1 unspecified atom stereocenters. The Morgan fingerprint density at radius 1 is 1.15 bits per heavy atom. The predicted molar refractivity (Wildman–Crippen MR) is 131 cm³/mol. The van der Waals surface area contributed by atoms with Crippen LogP contribution in [-0.2, 0) is 11.8 Å². The first-order valence-electron chi connectivity index (χ1n) is 11.2. The molecule has 2 heterocycles. The Kier molecular flexibility index (Phi) is 6.20. The predicted octanol–water partition coefficient (Wildman–Crippen LogP) is 4.93. The number of Topliss-reactive ketones (excluding diaryl/α,β-unsaturated/α-hetero) is 1. The van der Waals surface area contributed by atoms with Crippen LogP contribution in [0.15, 0.2) is 41.2 Å². The van der Waals surface area contributed by atoms with Crippen LogP contribution in [0.3, 0.4) is 0 Å². The molecule has 2 aromatic carbocycles. The maximum Gasteiger partial charge on any atom is 0.307 e. The molecule has 0 spiro atoms. The highest BCUT2D eigenvalue weighted by molar-refractivity contribution is 7.09. The molecule has 4 rings (SSSR count). The number of rotatable bonds is 6. The van der Waals surface area contributed by atoms with E-state index >= 15 is 0 Å². The standard InChI is InChI=1S/C26H29NO6S/c1-25(2,3)18-13-21-17(12-19(18)28)20(29)14-26(4,33-21)9-10-32-16-7-5-15(6-8-16)11-22-23(30)27-24(31)34-22/h5-8,12-13,28,30H,9-11,14H2,1-4H3,(H,27,31). The quantitative estimate of drug-likeness (QED) is 0.459. The highest BCUT2D eigenvalue weighted by Gasteiger charge is 2.38. The average molecular weight is 484 g/mol. The van der Waals surface area contributed by atoms with Gasteiger partial charge in [0, 0.05) is 18.4 Å². The summed E-state index contributed by atoms with van der Waals surface area (Å²) in [7, 11) is 0. The lowest BCUT2D eigenvalue weighted by atomic mass is 9.83. The van der Waals surface area contributed by atoms with Gasteiger partial charge in [0.1, 0.15) is 22.8 Å². The van der Waals surface area contributed by atoms with E-state index in [0.29, 0.717) is 41.4 Å². The number of H-pyrrole nitrogens is 1. The van der Waals surface area contributed by atoms with Gasteiger partial charge in [-0.3, -0.25) is 14.6 Å². The molecule has 0 bridgehead atoms. The molecule has 3 N–H and O–H groups in total. The zero-order chi connectivity index (χ0) is 24.7. The largest absolute Gasteiger partial charge is 0.508 e. The number of aromatic hydroxyl groups is 2. The molecule has 34 heavy (non-hydrogen) atoms. The molecule has 0 aliphatic carbocycles. The lowest BCUT2D eigenvalue weighted by Gasteiger charge is -2.36. The zero-order valence-corrected chi connectivity index (χ0v) is 20.5. The Bertz CT molecular complexity index is 1270. The van der Waals surface area contributed by atoms with Crippen LogP contribution in [0.25, 0.3) is 0 Å². The highest BCUT2D eigenvalue weighted by atomic mass is 32.1. The van der Waals surface area contributed by atoms with E-state index in [0.717, 1.165) is 22.5 Å². The number of benzene rings is 2. The first-order chi connectivity index (χ1) is 15.9. The van der Waals surface area contributed by atoms with Gasteiger partial charge in [-0.2, -0.15) is 0 Å². The van der Waals surface area contributed by atoms with Crippen molar-refractivity contribution in [2.24, 2.45) is 0 Å². The third-order valence-corrected chi connectivity index (χ3v) is 6.86. The summed E-state index contributed by atoms with van der Waals surface area (Å²) in [6.07, 6.45) is 1.17. The summed E-state index contributed by atoms with van der Waals surface area (Å²) in [4.78, 5) is 26.8. The van der Waals surface area contributed by atoms with Crippen molar-refractivity contribution in [1.82, 2.24) is 4.98 Å². The summed E-state index contributed by atoms with van der Waals surface area (Å²) in [6.45, 7) is 8.27. The highest BCUT2D eigenvalue weighted by Crippen LogP contribution is 2.41. The second kappa shape index (κ2) is 8.83. The van der Waals surface area contributed by atoms with Crippen LogP contribution in [0.2, 0.25) is 0 Å². The van der Waals surface area contributed by atoms with Crippen LogP contribution in [0.1, 0.15) is 66.9 Å². The number of aromatic amines is 1. The van der Waals surface area contributed by atoms with E-state index in [9.17, 15) is 19.8 Å². The minimum atomic E-state index is -0.709. The summed E-state index contributed by atoms with van der Waals surface area (Å²) in [5, 5.41) is 20.1. The maximum atomic E-state index is 12.8. The SMILES string of the molecule is CC1(CCOc2ccc(Cc3sc(=O)[nH]c3O)cc2)CC(=O)c2cc(O)c(C(C)(C)C)cc2O1. The molecule has 180 valence electrons. The lowest BCUT2D eigenvalue weighted by molar-refractivity contribution is 0.0379. The zero-order valence-electron chi connectivity index (χ0n) is 19.7. The van der Waals surface area contributed by atoms with Gasteiger partial charge in [0.05, 0.1) is 23.5 Å². The molecule has 1 atom stereocenters. The van der Waals surface area contributed by atoms with E-state index in [1.54, 1.807) is 6.07 Å². The van der Waals surface area contributed by atoms with Crippen LogP contribution in [0, 0.1) is 0 Å².